The third-order valence-electron chi connectivity index (χ3n) is 2.85. The summed E-state index contributed by atoms with van der Waals surface area (Å²) in [6.07, 6.45) is 2.25. The van der Waals surface area contributed by atoms with Gasteiger partial charge in [-0.2, -0.15) is 0 Å². The molecular weight excluding hydrogens is 226 g/mol. The van der Waals surface area contributed by atoms with Gasteiger partial charge in [0.2, 0.25) is 5.91 Å². The molecule has 0 radical (unpaired) electrons. The Morgan fingerprint density at radius 1 is 1.44 bits per heavy atom. The summed E-state index contributed by atoms with van der Waals surface area (Å²) < 4.78 is 22.7. The van der Waals surface area contributed by atoms with Crippen molar-refractivity contribution < 1.29 is 13.2 Å². The maximum Gasteiger partial charge on any atom is 0.224 e. The number of nitrogens with one attached hydrogen (secondary N) is 1. The van der Waals surface area contributed by atoms with E-state index in [4.69, 9.17) is 0 Å². The average molecular weight is 247 g/mol. The number of rotatable bonds is 4. The number of carbonyl (C=O) groups excluding carboxylic acids is 1. The molecule has 0 bridgehead atoms. The van der Waals surface area contributed by atoms with Gasteiger partial charge in [-0.05, 0) is 25.2 Å². The van der Waals surface area contributed by atoms with E-state index in [1.54, 1.807) is 0 Å². The first-order chi connectivity index (χ1) is 7.41. The van der Waals surface area contributed by atoms with E-state index in [9.17, 15) is 13.2 Å². The fraction of sp³-hybridized carbons (Fsp3) is 0.909. The molecule has 0 spiro atoms. The van der Waals surface area contributed by atoms with Gasteiger partial charge < -0.3 is 5.32 Å². The highest BCUT2D eigenvalue weighted by Gasteiger charge is 2.29. The molecule has 1 fully saturated rings. The number of hydrogen-bond acceptors (Lipinski definition) is 3. The number of hydrogen-bond donors (Lipinski definition) is 1. The van der Waals surface area contributed by atoms with Crippen molar-refractivity contribution in [2.24, 2.45) is 11.8 Å². The summed E-state index contributed by atoms with van der Waals surface area (Å²) in [6, 6.07) is 0. The molecule has 1 aliphatic rings. The van der Waals surface area contributed by atoms with E-state index in [-0.39, 0.29) is 23.3 Å². The van der Waals surface area contributed by atoms with Gasteiger partial charge in [0.15, 0.2) is 9.84 Å². The van der Waals surface area contributed by atoms with E-state index in [1.165, 1.54) is 0 Å². The molecule has 5 heteroatoms. The molecule has 0 aliphatic carbocycles. The first kappa shape index (κ1) is 13.5. The zero-order valence-corrected chi connectivity index (χ0v) is 10.8. The van der Waals surface area contributed by atoms with Crippen LogP contribution < -0.4 is 5.32 Å². The molecule has 1 saturated heterocycles. The molecule has 0 saturated carbocycles. The van der Waals surface area contributed by atoms with Gasteiger partial charge >= 0.3 is 0 Å². The zero-order valence-electron chi connectivity index (χ0n) is 10.0. The highest BCUT2D eigenvalue weighted by atomic mass is 32.2. The number of amides is 1. The zero-order chi connectivity index (χ0) is 12.2. The molecular formula is C11H21NO3S. The molecule has 1 heterocycles. The van der Waals surface area contributed by atoms with Crippen molar-refractivity contribution in [3.05, 3.63) is 0 Å². The summed E-state index contributed by atoms with van der Waals surface area (Å²) in [6.45, 7) is 4.83. The lowest BCUT2D eigenvalue weighted by molar-refractivity contribution is -0.124. The van der Waals surface area contributed by atoms with Gasteiger partial charge in [0.1, 0.15) is 0 Å². The van der Waals surface area contributed by atoms with Crippen LogP contribution in [0.3, 0.4) is 0 Å². The summed E-state index contributed by atoms with van der Waals surface area (Å²) in [5.41, 5.74) is 0. The maximum atomic E-state index is 11.7. The standard InChI is InChI=1S/C11H21NO3S/c1-9(2)5-6-12-11(13)10-4-3-7-16(14,15)8-10/h9-10H,3-8H2,1-2H3,(H,12,13). The Labute approximate surface area is 97.7 Å². The second kappa shape index (κ2) is 5.66. The minimum atomic E-state index is -2.98. The molecule has 0 aromatic rings. The maximum absolute atomic E-state index is 11.7. The van der Waals surface area contributed by atoms with Crippen LogP contribution in [0.4, 0.5) is 0 Å². The van der Waals surface area contributed by atoms with Gasteiger partial charge in [-0.3, -0.25) is 4.79 Å². The van der Waals surface area contributed by atoms with Crippen molar-refractivity contribution in [3.8, 4) is 0 Å². The van der Waals surface area contributed by atoms with Crippen LogP contribution in [-0.2, 0) is 14.6 Å². The van der Waals surface area contributed by atoms with E-state index in [0.717, 1.165) is 6.42 Å². The van der Waals surface area contributed by atoms with E-state index < -0.39 is 9.84 Å². The third kappa shape index (κ3) is 4.51. The summed E-state index contributed by atoms with van der Waals surface area (Å²) >= 11 is 0. The van der Waals surface area contributed by atoms with Crippen molar-refractivity contribution in [2.75, 3.05) is 18.1 Å². The summed E-state index contributed by atoms with van der Waals surface area (Å²) in [5, 5.41) is 2.82. The van der Waals surface area contributed by atoms with Crippen LogP contribution in [0, 0.1) is 11.8 Å². The average Bonchev–Trinajstić information content (AvgIpc) is 2.15. The normalized spacial score (nSPS) is 24.3. The van der Waals surface area contributed by atoms with Crippen molar-refractivity contribution >= 4 is 15.7 Å². The van der Waals surface area contributed by atoms with E-state index in [0.29, 0.717) is 25.3 Å². The molecule has 1 unspecified atom stereocenters. The Kier molecular flexibility index (Phi) is 4.77. The van der Waals surface area contributed by atoms with Gasteiger partial charge in [-0.1, -0.05) is 13.8 Å². The van der Waals surface area contributed by atoms with Crippen LogP contribution in [0.15, 0.2) is 0 Å². The summed E-state index contributed by atoms with van der Waals surface area (Å²) in [5.74, 6) is 0.397. The molecule has 1 atom stereocenters. The van der Waals surface area contributed by atoms with E-state index in [2.05, 4.69) is 19.2 Å². The molecule has 4 nitrogen and oxygen atoms in total. The molecule has 0 aromatic carbocycles. The van der Waals surface area contributed by atoms with E-state index in [1.807, 2.05) is 0 Å². The third-order valence-corrected chi connectivity index (χ3v) is 4.68. The Bertz CT molecular complexity index is 335. The Balaban J connectivity index is 2.36. The minimum absolute atomic E-state index is 0.0283. The van der Waals surface area contributed by atoms with Gasteiger partial charge in [-0.25, -0.2) is 8.42 Å². The SMILES string of the molecule is CC(C)CCNC(=O)C1CCCS(=O)(=O)C1. The van der Waals surface area contributed by atoms with Crippen LogP contribution in [0.5, 0.6) is 0 Å². The molecule has 1 aliphatic heterocycles. The van der Waals surface area contributed by atoms with E-state index >= 15 is 0 Å². The molecule has 94 valence electrons. The molecule has 1 rings (SSSR count). The van der Waals surface area contributed by atoms with Gasteiger partial charge in [-0.15, -0.1) is 0 Å². The van der Waals surface area contributed by atoms with Gasteiger partial charge in [0, 0.05) is 6.54 Å². The quantitative estimate of drug-likeness (QED) is 0.805. The van der Waals surface area contributed by atoms with Crippen LogP contribution >= 0.6 is 0 Å². The largest absolute Gasteiger partial charge is 0.356 e. The van der Waals surface area contributed by atoms with Crippen LogP contribution in [0.2, 0.25) is 0 Å². The Hall–Kier alpha value is -0.580. The topological polar surface area (TPSA) is 63.2 Å². The highest BCUT2D eigenvalue weighted by molar-refractivity contribution is 7.91. The lowest BCUT2D eigenvalue weighted by atomic mass is 10.0. The number of sulfone groups is 1. The predicted octanol–water partition coefficient (Wildman–Crippen LogP) is 0.974. The number of carbonyl (C=O) groups is 1. The van der Waals surface area contributed by atoms with Gasteiger partial charge in [0.05, 0.1) is 17.4 Å². The first-order valence-corrected chi connectivity index (χ1v) is 7.71. The Morgan fingerprint density at radius 3 is 2.69 bits per heavy atom. The molecule has 0 aromatic heterocycles. The van der Waals surface area contributed by atoms with Crippen molar-refractivity contribution in [3.63, 3.8) is 0 Å². The smallest absolute Gasteiger partial charge is 0.224 e. The molecule has 1 N–H and O–H groups in total. The van der Waals surface area contributed by atoms with Crippen molar-refractivity contribution in [2.45, 2.75) is 33.1 Å². The molecule has 16 heavy (non-hydrogen) atoms. The summed E-state index contributed by atoms with van der Waals surface area (Å²) in [7, 11) is -2.98. The van der Waals surface area contributed by atoms with Crippen LogP contribution in [0.1, 0.15) is 33.1 Å². The van der Waals surface area contributed by atoms with Crippen LogP contribution in [0.25, 0.3) is 0 Å². The minimum Gasteiger partial charge on any atom is -0.356 e. The lowest BCUT2D eigenvalue weighted by Crippen LogP contribution is -2.38. The van der Waals surface area contributed by atoms with Crippen LogP contribution in [-0.4, -0.2) is 32.4 Å². The fourth-order valence-corrected chi connectivity index (χ4v) is 3.56. The summed E-state index contributed by atoms with van der Waals surface area (Å²) in [4.78, 5) is 11.7. The lowest BCUT2D eigenvalue weighted by Gasteiger charge is -2.21. The Morgan fingerprint density at radius 2 is 2.12 bits per heavy atom. The second-order valence-electron chi connectivity index (χ2n) is 4.93. The first-order valence-electron chi connectivity index (χ1n) is 5.89. The second-order valence-corrected chi connectivity index (χ2v) is 7.16. The molecule has 1 amide bonds. The fourth-order valence-electron chi connectivity index (χ4n) is 1.86. The monoisotopic (exact) mass is 247 g/mol. The van der Waals surface area contributed by atoms with Crippen molar-refractivity contribution in [1.82, 2.24) is 5.32 Å². The highest BCUT2D eigenvalue weighted by Crippen LogP contribution is 2.18. The van der Waals surface area contributed by atoms with Gasteiger partial charge in [0.25, 0.3) is 0 Å². The predicted molar refractivity (Wildman–Crippen MR) is 63.8 cm³/mol. The van der Waals surface area contributed by atoms with Crippen molar-refractivity contribution in [1.29, 1.82) is 0 Å².